The summed E-state index contributed by atoms with van der Waals surface area (Å²) in [6.07, 6.45) is 5.02. The predicted octanol–water partition coefficient (Wildman–Crippen LogP) is 3.65. The standard InChI is InChI=1S/C23H28N6O/c1-2-3-12-25-21-20-19(27-23(24)28-21)11-10-18(26-20)15-16-6-8-17(9-7-16)22(30)29-13-4-5-14-29/h6-11H,2-5,12-15H2,1H3,(H3,24,25,27,28). The Kier molecular flexibility index (Phi) is 6.07. The molecule has 0 aliphatic carbocycles. The molecule has 7 heteroatoms. The summed E-state index contributed by atoms with van der Waals surface area (Å²) in [6.45, 7) is 4.69. The number of nitrogens with zero attached hydrogens (tertiary/aromatic N) is 4. The van der Waals surface area contributed by atoms with E-state index in [1.807, 2.05) is 41.3 Å². The SMILES string of the molecule is CCCCNc1nc(N)nc2ccc(Cc3ccc(C(=O)N4CCCC4)cc3)nc12. The second kappa shape index (κ2) is 9.07. The van der Waals surface area contributed by atoms with Gasteiger partial charge in [-0.15, -0.1) is 0 Å². The molecule has 0 unspecified atom stereocenters. The third-order valence-electron chi connectivity index (χ3n) is 5.42. The van der Waals surface area contributed by atoms with Crippen LogP contribution in [-0.4, -0.2) is 45.4 Å². The zero-order valence-corrected chi connectivity index (χ0v) is 17.4. The molecule has 30 heavy (non-hydrogen) atoms. The van der Waals surface area contributed by atoms with E-state index in [1.54, 1.807) is 0 Å². The first kappa shape index (κ1) is 20.1. The minimum Gasteiger partial charge on any atom is -0.368 e. The maximum absolute atomic E-state index is 12.5. The Labute approximate surface area is 176 Å². The third kappa shape index (κ3) is 4.50. The van der Waals surface area contributed by atoms with Gasteiger partial charge < -0.3 is 16.0 Å². The zero-order chi connectivity index (χ0) is 20.9. The van der Waals surface area contributed by atoms with Gasteiger partial charge in [0.1, 0.15) is 5.52 Å². The lowest BCUT2D eigenvalue weighted by Gasteiger charge is -2.15. The van der Waals surface area contributed by atoms with Crippen molar-refractivity contribution in [3.05, 3.63) is 53.2 Å². The van der Waals surface area contributed by atoms with Crippen molar-refractivity contribution in [3.8, 4) is 0 Å². The van der Waals surface area contributed by atoms with Gasteiger partial charge in [0, 0.05) is 37.3 Å². The quantitative estimate of drug-likeness (QED) is 0.584. The number of aromatic nitrogens is 3. The van der Waals surface area contributed by atoms with Crippen LogP contribution in [0.25, 0.3) is 11.0 Å². The molecule has 0 atom stereocenters. The summed E-state index contributed by atoms with van der Waals surface area (Å²) in [4.78, 5) is 27.9. The lowest BCUT2D eigenvalue weighted by molar-refractivity contribution is 0.0793. The number of amides is 1. The van der Waals surface area contributed by atoms with Crippen molar-refractivity contribution in [2.24, 2.45) is 0 Å². The summed E-state index contributed by atoms with van der Waals surface area (Å²) >= 11 is 0. The van der Waals surface area contributed by atoms with E-state index in [0.717, 1.165) is 73.2 Å². The van der Waals surface area contributed by atoms with E-state index in [-0.39, 0.29) is 11.9 Å². The number of nitrogens with two attached hydrogens (primary N) is 1. The van der Waals surface area contributed by atoms with E-state index in [2.05, 4.69) is 22.2 Å². The van der Waals surface area contributed by atoms with Crippen LogP contribution in [-0.2, 0) is 6.42 Å². The molecular weight excluding hydrogens is 376 g/mol. The average Bonchev–Trinajstić information content (AvgIpc) is 3.29. The lowest BCUT2D eigenvalue weighted by atomic mass is 10.1. The third-order valence-corrected chi connectivity index (χ3v) is 5.42. The minimum absolute atomic E-state index is 0.125. The van der Waals surface area contributed by atoms with Crippen molar-refractivity contribution in [2.75, 3.05) is 30.7 Å². The summed E-state index contributed by atoms with van der Waals surface area (Å²) in [5, 5.41) is 3.33. The number of pyridine rings is 1. The zero-order valence-electron chi connectivity index (χ0n) is 17.4. The van der Waals surface area contributed by atoms with Gasteiger partial charge in [0.15, 0.2) is 5.82 Å². The molecule has 1 aliphatic rings. The highest BCUT2D eigenvalue weighted by molar-refractivity contribution is 5.94. The van der Waals surface area contributed by atoms with E-state index in [4.69, 9.17) is 10.7 Å². The van der Waals surface area contributed by atoms with Gasteiger partial charge in [-0.05, 0) is 49.1 Å². The summed E-state index contributed by atoms with van der Waals surface area (Å²) in [7, 11) is 0. The van der Waals surface area contributed by atoms with E-state index in [0.29, 0.717) is 12.2 Å². The van der Waals surface area contributed by atoms with Crippen LogP contribution in [0.5, 0.6) is 0 Å². The Hall–Kier alpha value is -3.22. The van der Waals surface area contributed by atoms with Gasteiger partial charge in [-0.3, -0.25) is 4.79 Å². The molecule has 2 aromatic heterocycles. The van der Waals surface area contributed by atoms with Crippen molar-refractivity contribution >= 4 is 28.7 Å². The number of likely N-dealkylation sites (tertiary alicyclic amines) is 1. The lowest BCUT2D eigenvalue weighted by Crippen LogP contribution is -2.27. The highest BCUT2D eigenvalue weighted by Gasteiger charge is 2.19. The van der Waals surface area contributed by atoms with E-state index >= 15 is 0 Å². The number of nitrogen functional groups attached to an aromatic ring is 1. The van der Waals surface area contributed by atoms with Crippen LogP contribution < -0.4 is 11.1 Å². The molecule has 1 fully saturated rings. The number of unbranched alkanes of at least 4 members (excludes halogenated alkanes) is 1. The van der Waals surface area contributed by atoms with Gasteiger partial charge in [0.25, 0.3) is 5.91 Å². The van der Waals surface area contributed by atoms with Gasteiger partial charge in [0.2, 0.25) is 5.95 Å². The molecule has 0 saturated carbocycles. The van der Waals surface area contributed by atoms with E-state index < -0.39 is 0 Å². The Balaban J connectivity index is 1.52. The average molecular weight is 405 g/mol. The van der Waals surface area contributed by atoms with Gasteiger partial charge in [-0.25, -0.2) is 9.97 Å². The molecule has 3 aromatic rings. The first-order chi connectivity index (χ1) is 14.6. The van der Waals surface area contributed by atoms with Gasteiger partial charge in [-0.1, -0.05) is 25.5 Å². The van der Waals surface area contributed by atoms with Crippen LogP contribution in [0.3, 0.4) is 0 Å². The second-order valence-electron chi connectivity index (χ2n) is 7.75. The molecular formula is C23H28N6O. The molecule has 1 aliphatic heterocycles. The normalized spacial score (nSPS) is 13.7. The fourth-order valence-corrected chi connectivity index (χ4v) is 3.75. The summed E-state index contributed by atoms with van der Waals surface area (Å²) in [5.41, 5.74) is 10.1. The molecule has 1 saturated heterocycles. The predicted molar refractivity (Wildman–Crippen MR) is 120 cm³/mol. The number of rotatable bonds is 7. The maximum Gasteiger partial charge on any atom is 0.253 e. The number of nitrogens with one attached hydrogen (secondary N) is 1. The molecule has 1 amide bonds. The molecule has 3 heterocycles. The molecule has 156 valence electrons. The first-order valence-corrected chi connectivity index (χ1v) is 10.7. The fourth-order valence-electron chi connectivity index (χ4n) is 3.75. The van der Waals surface area contributed by atoms with Crippen LogP contribution >= 0.6 is 0 Å². The van der Waals surface area contributed by atoms with Crippen LogP contribution in [0.15, 0.2) is 36.4 Å². The number of hydrogen-bond donors (Lipinski definition) is 2. The van der Waals surface area contributed by atoms with Crippen LogP contribution in [0, 0.1) is 0 Å². The first-order valence-electron chi connectivity index (χ1n) is 10.7. The Bertz CT molecular complexity index is 1030. The van der Waals surface area contributed by atoms with Crippen LogP contribution in [0.4, 0.5) is 11.8 Å². The fraction of sp³-hybridized carbons (Fsp3) is 0.391. The van der Waals surface area contributed by atoms with Crippen LogP contribution in [0.1, 0.15) is 54.2 Å². The molecule has 1 aromatic carbocycles. The summed E-state index contributed by atoms with van der Waals surface area (Å²) in [5.74, 6) is 1.05. The molecule has 7 nitrogen and oxygen atoms in total. The van der Waals surface area contributed by atoms with E-state index in [1.165, 1.54) is 0 Å². The van der Waals surface area contributed by atoms with Crippen molar-refractivity contribution in [3.63, 3.8) is 0 Å². The Morgan fingerprint density at radius 2 is 1.83 bits per heavy atom. The topological polar surface area (TPSA) is 97.0 Å². The number of fused-ring (bicyclic) bond motifs is 1. The number of carbonyl (C=O) groups excluding carboxylic acids is 1. The maximum atomic E-state index is 12.5. The highest BCUT2D eigenvalue weighted by Crippen LogP contribution is 2.21. The van der Waals surface area contributed by atoms with Crippen LogP contribution in [0.2, 0.25) is 0 Å². The summed E-state index contributed by atoms with van der Waals surface area (Å²) < 4.78 is 0. The minimum atomic E-state index is 0.125. The molecule has 0 radical (unpaired) electrons. The molecule has 4 rings (SSSR count). The smallest absolute Gasteiger partial charge is 0.253 e. The van der Waals surface area contributed by atoms with Crippen molar-refractivity contribution in [2.45, 2.75) is 39.0 Å². The van der Waals surface area contributed by atoms with Gasteiger partial charge in [0.05, 0.1) is 5.52 Å². The van der Waals surface area contributed by atoms with Gasteiger partial charge in [-0.2, -0.15) is 4.98 Å². The number of carbonyl (C=O) groups is 1. The summed E-state index contributed by atoms with van der Waals surface area (Å²) in [6, 6.07) is 11.8. The van der Waals surface area contributed by atoms with Crippen molar-refractivity contribution in [1.82, 2.24) is 19.9 Å². The monoisotopic (exact) mass is 404 g/mol. The molecule has 3 N–H and O–H groups in total. The Morgan fingerprint density at radius 1 is 1.07 bits per heavy atom. The largest absolute Gasteiger partial charge is 0.368 e. The van der Waals surface area contributed by atoms with Crippen molar-refractivity contribution in [1.29, 1.82) is 0 Å². The number of benzene rings is 1. The number of hydrogen-bond acceptors (Lipinski definition) is 6. The highest BCUT2D eigenvalue weighted by atomic mass is 16.2. The molecule has 0 bridgehead atoms. The second-order valence-corrected chi connectivity index (χ2v) is 7.75. The van der Waals surface area contributed by atoms with E-state index in [9.17, 15) is 4.79 Å². The van der Waals surface area contributed by atoms with Gasteiger partial charge >= 0.3 is 0 Å². The Morgan fingerprint density at radius 3 is 2.57 bits per heavy atom. The molecule has 0 spiro atoms. The van der Waals surface area contributed by atoms with Crippen molar-refractivity contribution < 1.29 is 4.79 Å². The number of anilines is 2.